The second-order valence-electron chi connectivity index (χ2n) is 5.50. The molecule has 0 aliphatic rings. The van der Waals surface area contributed by atoms with E-state index in [-0.39, 0.29) is 0 Å². The summed E-state index contributed by atoms with van der Waals surface area (Å²) >= 11 is 1.57. The molecule has 2 heterocycles. The number of nitrogens with two attached hydrogens (primary N) is 1. The molecule has 3 aromatic rings. The Kier molecular flexibility index (Phi) is 5.60. The van der Waals surface area contributed by atoms with E-state index in [2.05, 4.69) is 5.10 Å². The van der Waals surface area contributed by atoms with E-state index in [0.717, 1.165) is 21.7 Å². The fraction of sp³-hybridized carbons (Fsp3) is 0.105. The van der Waals surface area contributed by atoms with Gasteiger partial charge in [0.15, 0.2) is 6.61 Å². The molecule has 0 spiro atoms. The molecule has 0 fully saturated rings. The Labute approximate surface area is 154 Å². The van der Waals surface area contributed by atoms with Gasteiger partial charge in [0.2, 0.25) is 0 Å². The van der Waals surface area contributed by atoms with Gasteiger partial charge in [-0.15, -0.1) is 11.3 Å². The zero-order valence-electron chi connectivity index (χ0n) is 13.9. The van der Waals surface area contributed by atoms with Crippen molar-refractivity contribution in [1.29, 1.82) is 0 Å². The largest absolute Gasteiger partial charge is 0.452 e. The Morgan fingerprint density at radius 2 is 2.00 bits per heavy atom. The van der Waals surface area contributed by atoms with E-state index in [4.69, 9.17) is 10.5 Å². The number of primary amides is 1. The Balaban J connectivity index is 1.83. The number of carbonyl (C=O) groups is 2. The quantitative estimate of drug-likeness (QED) is 0.514. The summed E-state index contributed by atoms with van der Waals surface area (Å²) in [6.07, 6.45) is 4.77. The van der Waals surface area contributed by atoms with Crippen LogP contribution < -0.4 is 5.73 Å². The van der Waals surface area contributed by atoms with Gasteiger partial charge in [-0.1, -0.05) is 36.4 Å². The predicted octanol–water partition coefficient (Wildman–Crippen LogP) is 2.70. The van der Waals surface area contributed by atoms with Crippen LogP contribution in [0.15, 0.2) is 60.1 Å². The fourth-order valence-corrected chi connectivity index (χ4v) is 3.09. The van der Waals surface area contributed by atoms with Crippen LogP contribution in [0.4, 0.5) is 0 Å². The maximum Gasteiger partial charge on any atom is 0.331 e. The van der Waals surface area contributed by atoms with Crippen LogP contribution in [-0.4, -0.2) is 28.3 Å². The lowest BCUT2D eigenvalue weighted by Crippen LogP contribution is -2.19. The van der Waals surface area contributed by atoms with Crippen LogP contribution in [0.25, 0.3) is 16.6 Å². The summed E-state index contributed by atoms with van der Waals surface area (Å²) in [5, 5.41) is 6.62. The molecule has 26 heavy (non-hydrogen) atoms. The van der Waals surface area contributed by atoms with E-state index in [1.54, 1.807) is 17.4 Å². The van der Waals surface area contributed by atoms with Crippen molar-refractivity contribution in [2.75, 3.05) is 6.61 Å². The normalized spacial score (nSPS) is 10.9. The molecule has 2 aromatic heterocycles. The highest BCUT2D eigenvalue weighted by Crippen LogP contribution is 2.27. The number of thiophene rings is 1. The minimum absolute atomic E-state index is 0.436. The zero-order valence-corrected chi connectivity index (χ0v) is 14.7. The maximum atomic E-state index is 11.7. The van der Waals surface area contributed by atoms with Gasteiger partial charge in [0.1, 0.15) is 5.69 Å². The highest BCUT2D eigenvalue weighted by atomic mass is 32.1. The second kappa shape index (κ2) is 8.26. The molecule has 3 rings (SSSR count). The topological polar surface area (TPSA) is 87.2 Å². The average molecular weight is 367 g/mol. The Bertz CT molecular complexity index is 915. The molecular weight excluding hydrogens is 350 g/mol. The first-order valence-electron chi connectivity index (χ1n) is 7.90. The van der Waals surface area contributed by atoms with Crippen LogP contribution >= 0.6 is 11.3 Å². The smallest absolute Gasteiger partial charge is 0.331 e. The molecule has 0 atom stereocenters. The van der Waals surface area contributed by atoms with E-state index in [0.29, 0.717) is 6.54 Å². The van der Waals surface area contributed by atoms with Crippen LogP contribution in [0.1, 0.15) is 11.1 Å². The van der Waals surface area contributed by atoms with E-state index >= 15 is 0 Å². The molecule has 0 saturated carbocycles. The fourth-order valence-electron chi connectivity index (χ4n) is 2.36. The first kappa shape index (κ1) is 17.6. The number of ether oxygens (including phenoxy) is 1. The van der Waals surface area contributed by atoms with Crippen LogP contribution in [0.2, 0.25) is 0 Å². The van der Waals surface area contributed by atoms with Crippen LogP contribution in [-0.2, 0) is 20.9 Å². The third-order valence-electron chi connectivity index (χ3n) is 3.49. The van der Waals surface area contributed by atoms with Crippen LogP contribution in [0.5, 0.6) is 0 Å². The van der Waals surface area contributed by atoms with Gasteiger partial charge in [-0.3, -0.25) is 9.48 Å². The molecule has 0 aliphatic heterocycles. The van der Waals surface area contributed by atoms with Gasteiger partial charge in [0, 0.05) is 17.8 Å². The lowest BCUT2D eigenvalue weighted by Gasteiger charge is -2.00. The molecule has 0 unspecified atom stereocenters. The third-order valence-corrected chi connectivity index (χ3v) is 4.36. The second-order valence-corrected chi connectivity index (χ2v) is 6.45. The average Bonchev–Trinajstić information content (AvgIpc) is 3.28. The van der Waals surface area contributed by atoms with Crippen molar-refractivity contribution in [1.82, 2.24) is 9.78 Å². The number of esters is 1. The molecule has 7 heteroatoms. The zero-order chi connectivity index (χ0) is 18.4. The summed E-state index contributed by atoms with van der Waals surface area (Å²) in [5.74, 6) is -1.32. The third kappa shape index (κ3) is 4.67. The molecular formula is C19H17N3O3S. The first-order chi connectivity index (χ1) is 12.6. The lowest BCUT2D eigenvalue weighted by atomic mass is 10.2. The minimum atomic E-state index is -0.693. The van der Waals surface area contributed by atoms with E-state index in [1.807, 2.05) is 58.7 Å². The van der Waals surface area contributed by atoms with Gasteiger partial charge in [-0.25, -0.2) is 4.79 Å². The molecule has 0 aliphatic carbocycles. The van der Waals surface area contributed by atoms with Gasteiger partial charge in [-0.05, 0) is 23.1 Å². The number of hydrogen-bond acceptors (Lipinski definition) is 5. The first-order valence-corrected chi connectivity index (χ1v) is 8.78. The number of hydrogen-bond donors (Lipinski definition) is 1. The summed E-state index contributed by atoms with van der Waals surface area (Å²) in [6, 6.07) is 13.9. The molecule has 6 nitrogen and oxygen atoms in total. The summed E-state index contributed by atoms with van der Waals surface area (Å²) in [5.41, 5.74) is 7.67. The number of nitrogens with zero attached hydrogens (tertiary/aromatic N) is 2. The number of amides is 1. The van der Waals surface area contributed by atoms with E-state index < -0.39 is 18.5 Å². The molecule has 1 amide bonds. The standard InChI is InChI=1S/C19H17N3O3S/c20-17(23)13-25-18(24)9-8-15-12-22(11-14-5-2-1-3-6-14)21-19(15)16-7-4-10-26-16/h1-10,12H,11,13H2,(H2,20,23). The number of benzene rings is 1. The van der Waals surface area contributed by atoms with Gasteiger partial charge in [0.25, 0.3) is 5.91 Å². The van der Waals surface area contributed by atoms with Crippen molar-refractivity contribution in [2.24, 2.45) is 5.73 Å². The molecule has 0 bridgehead atoms. The SMILES string of the molecule is NC(=O)COC(=O)C=Cc1cn(Cc2ccccc2)nc1-c1cccs1. The Morgan fingerprint density at radius 1 is 1.19 bits per heavy atom. The van der Waals surface area contributed by atoms with Gasteiger partial charge in [0.05, 0.1) is 11.4 Å². The highest BCUT2D eigenvalue weighted by molar-refractivity contribution is 7.13. The van der Waals surface area contributed by atoms with Crippen molar-refractivity contribution < 1.29 is 14.3 Å². The predicted molar refractivity (Wildman–Crippen MR) is 100 cm³/mol. The van der Waals surface area contributed by atoms with Crippen molar-refractivity contribution in [2.45, 2.75) is 6.54 Å². The van der Waals surface area contributed by atoms with Crippen LogP contribution in [0, 0.1) is 0 Å². The minimum Gasteiger partial charge on any atom is -0.452 e. The molecule has 132 valence electrons. The van der Waals surface area contributed by atoms with Crippen molar-refractivity contribution in [3.05, 3.63) is 71.2 Å². The summed E-state index contributed by atoms with van der Waals surface area (Å²) in [4.78, 5) is 23.4. The summed E-state index contributed by atoms with van der Waals surface area (Å²) < 4.78 is 6.57. The van der Waals surface area contributed by atoms with Gasteiger partial charge >= 0.3 is 5.97 Å². The van der Waals surface area contributed by atoms with Crippen molar-refractivity contribution >= 4 is 29.3 Å². The van der Waals surface area contributed by atoms with Gasteiger partial charge in [-0.2, -0.15) is 5.10 Å². The van der Waals surface area contributed by atoms with E-state index in [9.17, 15) is 9.59 Å². The monoisotopic (exact) mass is 367 g/mol. The summed E-state index contributed by atoms with van der Waals surface area (Å²) in [6.45, 7) is 0.188. The summed E-state index contributed by atoms with van der Waals surface area (Å²) in [7, 11) is 0. The van der Waals surface area contributed by atoms with Crippen molar-refractivity contribution in [3.8, 4) is 10.6 Å². The molecule has 0 saturated heterocycles. The maximum absolute atomic E-state index is 11.7. The van der Waals surface area contributed by atoms with Gasteiger partial charge < -0.3 is 10.5 Å². The van der Waals surface area contributed by atoms with E-state index in [1.165, 1.54) is 6.08 Å². The number of aromatic nitrogens is 2. The highest BCUT2D eigenvalue weighted by Gasteiger charge is 2.11. The lowest BCUT2D eigenvalue weighted by molar-refractivity contribution is -0.142. The van der Waals surface area contributed by atoms with Crippen LogP contribution in [0.3, 0.4) is 0 Å². The molecule has 1 aromatic carbocycles. The Hall–Kier alpha value is -3.19. The molecule has 2 N–H and O–H groups in total. The Morgan fingerprint density at radius 3 is 2.69 bits per heavy atom. The number of rotatable bonds is 7. The molecule has 0 radical (unpaired) electrons. The number of carbonyl (C=O) groups excluding carboxylic acids is 2. The van der Waals surface area contributed by atoms with Crippen molar-refractivity contribution in [3.63, 3.8) is 0 Å².